The maximum absolute atomic E-state index is 11.8. The molecule has 0 fully saturated rings. The van der Waals surface area contributed by atoms with Crippen molar-refractivity contribution in [3.63, 3.8) is 0 Å². The van der Waals surface area contributed by atoms with E-state index in [9.17, 15) is 4.79 Å². The molecule has 3 rings (SSSR count). The van der Waals surface area contributed by atoms with E-state index in [1.54, 1.807) is 12.3 Å². The van der Waals surface area contributed by atoms with Crippen molar-refractivity contribution in [1.82, 2.24) is 10.2 Å². The minimum atomic E-state index is -0.0430. The highest BCUT2D eigenvalue weighted by molar-refractivity contribution is 5.94. The first kappa shape index (κ1) is 12.5. The van der Waals surface area contributed by atoms with Crippen molar-refractivity contribution in [3.8, 4) is 5.75 Å². The summed E-state index contributed by atoms with van der Waals surface area (Å²) in [5, 5.41) is 9.61. The first-order valence-corrected chi connectivity index (χ1v) is 6.45. The van der Waals surface area contributed by atoms with Crippen LogP contribution in [-0.4, -0.2) is 22.7 Å². The number of rotatable bonds is 4. The van der Waals surface area contributed by atoms with Gasteiger partial charge < -0.3 is 10.1 Å². The maximum Gasteiger partial charge on any atom is 0.226 e. The van der Waals surface area contributed by atoms with Crippen molar-refractivity contribution in [2.75, 3.05) is 11.9 Å². The number of nitrogens with zero attached hydrogens (tertiary/aromatic N) is 1. The molecule has 0 spiro atoms. The monoisotopic (exact) mass is 269 g/mol. The molecule has 2 heterocycles. The molecular formula is C15H15N3O2. The summed E-state index contributed by atoms with van der Waals surface area (Å²) in [5.74, 6) is 1.38. The van der Waals surface area contributed by atoms with Crippen LogP contribution in [0.5, 0.6) is 5.75 Å². The molecule has 102 valence electrons. The van der Waals surface area contributed by atoms with E-state index in [4.69, 9.17) is 4.74 Å². The van der Waals surface area contributed by atoms with E-state index in [-0.39, 0.29) is 11.8 Å². The Hall–Kier alpha value is -2.56. The number of amides is 1. The molecule has 0 unspecified atom stereocenters. The van der Waals surface area contributed by atoms with Gasteiger partial charge in [-0.2, -0.15) is 5.10 Å². The predicted molar refractivity (Wildman–Crippen MR) is 75.8 cm³/mol. The van der Waals surface area contributed by atoms with Crippen molar-refractivity contribution in [1.29, 1.82) is 0 Å². The first-order valence-electron chi connectivity index (χ1n) is 6.45. The van der Waals surface area contributed by atoms with Crippen molar-refractivity contribution < 1.29 is 9.53 Å². The second-order valence-electron chi connectivity index (χ2n) is 4.64. The zero-order valence-corrected chi connectivity index (χ0v) is 10.9. The van der Waals surface area contributed by atoms with Crippen LogP contribution in [0.15, 0.2) is 43.1 Å². The molecule has 5 heteroatoms. The molecule has 1 aromatic heterocycles. The average molecular weight is 269 g/mol. The third-order valence-corrected chi connectivity index (χ3v) is 3.35. The van der Waals surface area contributed by atoms with E-state index in [1.165, 1.54) is 0 Å². The Bertz CT molecular complexity index is 648. The number of fused-ring (bicyclic) bond motifs is 1. The van der Waals surface area contributed by atoms with Crippen LogP contribution in [0.4, 0.5) is 5.82 Å². The average Bonchev–Trinajstić information content (AvgIpc) is 2.92. The van der Waals surface area contributed by atoms with Crippen molar-refractivity contribution in [2.45, 2.75) is 12.3 Å². The molecule has 1 aliphatic heterocycles. The number of nitrogens with one attached hydrogen (secondary N) is 2. The third-order valence-electron chi connectivity index (χ3n) is 3.35. The number of carbonyl (C=O) groups is 1. The number of aromatic amines is 1. The number of para-hydroxylation sites is 1. The van der Waals surface area contributed by atoms with Crippen LogP contribution in [0.3, 0.4) is 0 Å². The van der Waals surface area contributed by atoms with Crippen LogP contribution in [0.25, 0.3) is 0 Å². The van der Waals surface area contributed by atoms with Crippen LogP contribution < -0.4 is 10.1 Å². The van der Waals surface area contributed by atoms with E-state index < -0.39 is 0 Å². The van der Waals surface area contributed by atoms with E-state index in [0.29, 0.717) is 18.8 Å². The number of benzene rings is 1. The van der Waals surface area contributed by atoms with Gasteiger partial charge in [0.2, 0.25) is 5.91 Å². The second kappa shape index (κ2) is 5.21. The van der Waals surface area contributed by atoms with Gasteiger partial charge in [0.25, 0.3) is 0 Å². The topological polar surface area (TPSA) is 67.0 Å². The van der Waals surface area contributed by atoms with E-state index in [2.05, 4.69) is 22.1 Å². The summed E-state index contributed by atoms with van der Waals surface area (Å²) in [6.07, 6.45) is 3.85. The van der Waals surface area contributed by atoms with E-state index in [1.807, 2.05) is 24.3 Å². The van der Waals surface area contributed by atoms with Gasteiger partial charge in [-0.05, 0) is 6.07 Å². The van der Waals surface area contributed by atoms with Gasteiger partial charge in [0.1, 0.15) is 18.2 Å². The lowest BCUT2D eigenvalue weighted by Crippen LogP contribution is -2.23. The Labute approximate surface area is 116 Å². The minimum absolute atomic E-state index is 0.0229. The fraction of sp³-hybridized carbons (Fsp3) is 0.200. The third kappa shape index (κ3) is 2.18. The lowest BCUT2D eigenvalue weighted by Gasteiger charge is -2.24. The molecule has 0 radical (unpaired) electrons. The number of hydrogen-bond acceptors (Lipinski definition) is 3. The van der Waals surface area contributed by atoms with Gasteiger partial charge >= 0.3 is 0 Å². The Kier molecular flexibility index (Phi) is 3.25. The molecule has 1 amide bonds. The summed E-state index contributed by atoms with van der Waals surface area (Å²) in [5.41, 5.74) is 1.98. The largest absolute Gasteiger partial charge is 0.489 e. The standard InChI is InChI=1S/C15H15N3O2/c1-2-7-20-13-6-4-3-5-10(13)11-8-14(19)17-15-12(11)9-16-18-15/h2-6,9,11H,1,7-8H2,(H2,16,17,18,19)/t11-/m0/s1. The van der Waals surface area contributed by atoms with Gasteiger partial charge in [-0.15, -0.1) is 0 Å². The minimum Gasteiger partial charge on any atom is -0.489 e. The van der Waals surface area contributed by atoms with Gasteiger partial charge in [0.15, 0.2) is 0 Å². The quantitative estimate of drug-likeness (QED) is 0.838. The summed E-state index contributed by atoms with van der Waals surface area (Å²) in [7, 11) is 0. The second-order valence-corrected chi connectivity index (χ2v) is 4.64. The highest BCUT2D eigenvalue weighted by Gasteiger charge is 2.29. The highest BCUT2D eigenvalue weighted by Crippen LogP contribution is 2.39. The number of hydrogen-bond donors (Lipinski definition) is 2. The fourth-order valence-electron chi connectivity index (χ4n) is 2.47. The molecule has 1 aliphatic rings. The number of aromatic nitrogens is 2. The normalized spacial score (nSPS) is 17.2. The van der Waals surface area contributed by atoms with Crippen LogP contribution in [0.2, 0.25) is 0 Å². The van der Waals surface area contributed by atoms with Crippen LogP contribution in [0, 0.1) is 0 Å². The first-order chi connectivity index (χ1) is 9.79. The number of ether oxygens (including phenoxy) is 1. The summed E-state index contributed by atoms with van der Waals surface area (Å²) in [4.78, 5) is 11.8. The molecule has 0 aliphatic carbocycles. The van der Waals surface area contributed by atoms with Gasteiger partial charge in [-0.3, -0.25) is 9.89 Å². The van der Waals surface area contributed by atoms with E-state index >= 15 is 0 Å². The number of carbonyl (C=O) groups excluding carboxylic acids is 1. The summed E-state index contributed by atoms with van der Waals surface area (Å²) in [6.45, 7) is 4.09. The van der Waals surface area contributed by atoms with Crippen LogP contribution in [-0.2, 0) is 4.79 Å². The van der Waals surface area contributed by atoms with Crippen molar-refractivity contribution >= 4 is 11.7 Å². The smallest absolute Gasteiger partial charge is 0.226 e. The summed E-state index contributed by atoms with van der Waals surface area (Å²) < 4.78 is 5.69. The van der Waals surface area contributed by atoms with Gasteiger partial charge in [0, 0.05) is 23.5 Å². The van der Waals surface area contributed by atoms with E-state index in [0.717, 1.165) is 16.9 Å². The molecule has 1 aromatic carbocycles. The Morgan fingerprint density at radius 3 is 3.10 bits per heavy atom. The summed E-state index contributed by atoms with van der Waals surface area (Å²) in [6, 6.07) is 7.76. The molecule has 1 atom stereocenters. The zero-order chi connectivity index (χ0) is 13.9. The summed E-state index contributed by atoms with van der Waals surface area (Å²) >= 11 is 0. The Balaban J connectivity index is 2.01. The van der Waals surface area contributed by atoms with Gasteiger partial charge in [-0.1, -0.05) is 30.9 Å². The molecule has 2 N–H and O–H groups in total. The zero-order valence-electron chi connectivity index (χ0n) is 10.9. The molecule has 2 aromatic rings. The lowest BCUT2D eigenvalue weighted by molar-refractivity contribution is -0.116. The highest BCUT2D eigenvalue weighted by atomic mass is 16.5. The maximum atomic E-state index is 11.8. The van der Waals surface area contributed by atoms with Gasteiger partial charge in [-0.25, -0.2) is 0 Å². The van der Waals surface area contributed by atoms with Gasteiger partial charge in [0.05, 0.1) is 6.20 Å². The number of H-pyrrole nitrogens is 1. The van der Waals surface area contributed by atoms with Crippen molar-refractivity contribution in [2.24, 2.45) is 0 Å². The molecule has 20 heavy (non-hydrogen) atoms. The predicted octanol–water partition coefficient (Wildman–Crippen LogP) is 2.45. The Morgan fingerprint density at radius 2 is 2.25 bits per heavy atom. The SMILES string of the molecule is C=CCOc1ccccc1[C@@H]1CC(=O)Nc2[nH]ncc21. The molecule has 0 saturated carbocycles. The molecular weight excluding hydrogens is 254 g/mol. The molecule has 5 nitrogen and oxygen atoms in total. The lowest BCUT2D eigenvalue weighted by atomic mass is 9.87. The van der Waals surface area contributed by atoms with Crippen LogP contribution in [0.1, 0.15) is 23.5 Å². The van der Waals surface area contributed by atoms with Crippen molar-refractivity contribution in [3.05, 3.63) is 54.2 Å². The molecule has 0 bridgehead atoms. The fourth-order valence-corrected chi connectivity index (χ4v) is 2.47. The van der Waals surface area contributed by atoms with Crippen LogP contribution >= 0.6 is 0 Å². The molecule has 0 saturated heterocycles. The number of anilines is 1. The Morgan fingerprint density at radius 1 is 1.40 bits per heavy atom.